The number of carbonyl (C=O) groups excluding carboxylic acids is 1. The van der Waals surface area contributed by atoms with E-state index in [9.17, 15) is 4.79 Å². The highest BCUT2D eigenvalue weighted by Gasteiger charge is 2.25. The van der Waals surface area contributed by atoms with Crippen molar-refractivity contribution in [2.75, 3.05) is 18.0 Å². The van der Waals surface area contributed by atoms with Crippen LogP contribution >= 0.6 is 11.6 Å². The SMILES string of the molecule is NC(=O)C1CCCN(c2ncnc3ccc(Cl)cc23)C1. The average Bonchev–Trinajstić information content (AvgIpc) is 2.46. The Kier molecular flexibility index (Phi) is 3.44. The molecule has 0 saturated carbocycles. The lowest BCUT2D eigenvalue weighted by Gasteiger charge is -2.32. The first-order chi connectivity index (χ1) is 9.65. The molecule has 0 bridgehead atoms. The quantitative estimate of drug-likeness (QED) is 0.918. The number of nitrogens with two attached hydrogens (primary N) is 1. The number of halogens is 1. The maximum atomic E-state index is 11.4. The number of hydrogen-bond acceptors (Lipinski definition) is 4. The Hall–Kier alpha value is -1.88. The zero-order chi connectivity index (χ0) is 14.1. The van der Waals surface area contributed by atoms with Crippen LogP contribution in [0.15, 0.2) is 24.5 Å². The van der Waals surface area contributed by atoms with Crippen molar-refractivity contribution in [1.29, 1.82) is 0 Å². The van der Waals surface area contributed by atoms with Gasteiger partial charge in [-0.2, -0.15) is 0 Å². The average molecular weight is 291 g/mol. The summed E-state index contributed by atoms with van der Waals surface area (Å²) in [6, 6.07) is 5.54. The summed E-state index contributed by atoms with van der Waals surface area (Å²) in [6.07, 6.45) is 3.31. The van der Waals surface area contributed by atoms with Crippen LogP contribution in [-0.4, -0.2) is 29.0 Å². The van der Waals surface area contributed by atoms with Crippen LogP contribution in [0.25, 0.3) is 10.9 Å². The monoisotopic (exact) mass is 290 g/mol. The lowest BCUT2D eigenvalue weighted by atomic mass is 9.97. The molecule has 1 unspecified atom stereocenters. The lowest BCUT2D eigenvalue weighted by molar-refractivity contribution is -0.122. The van der Waals surface area contributed by atoms with E-state index in [1.807, 2.05) is 18.2 Å². The molecule has 1 aromatic carbocycles. The van der Waals surface area contributed by atoms with Gasteiger partial charge in [-0.05, 0) is 31.0 Å². The second-order valence-corrected chi connectivity index (χ2v) is 5.48. The van der Waals surface area contributed by atoms with Gasteiger partial charge in [-0.25, -0.2) is 9.97 Å². The van der Waals surface area contributed by atoms with Crippen molar-refractivity contribution in [1.82, 2.24) is 9.97 Å². The fraction of sp³-hybridized carbons (Fsp3) is 0.357. The van der Waals surface area contributed by atoms with Crippen molar-refractivity contribution < 1.29 is 4.79 Å². The summed E-state index contributed by atoms with van der Waals surface area (Å²) in [6.45, 7) is 1.47. The Morgan fingerprint density at radius 3 is 3.05 bits per heavy atom. The summed E-state index contributed by atoms with van der Waals surface area (Å²) in [5, 5.41) is 1.56. The number of aromatic nitrogens is 2. The molecule has 104 valence electrons. The molecule has 1 aromatic heterocycles. The molecule has 1 atom stereocenters. The highest BCUT2D eigenvalue weighted by atomic mass is 35.5. The topological polar surface area (TPSA) is 72.1 Å². The largest absolute Gasteiger partial charge is 0.369 e. The van der Waals surface area contributed by atoms with E-state index in [1.54, 1.807) is 6.33 Å². The van der Waals surface area contributed by atoms with E-state index in [0.717, 1.165) is 36.1 Å². The van der Waals surface area contributed by atoms with Gasteiger partial charge in [0.05, 0.1) is 11.4 Å². The maximum Gasteiger partial charge on any atom is 0.222 e. The van der Waals surface area contributed by atoms with E-state index in [2.05, 4.69) is 14.9 Å². The molecule has 1 aliphatic heterocycles. The van der Waals surface area contributed by atoms with Gasteiger partial charge in [0, 0.05) is 23.5 Å². The van der Waals surface area contributed by atoms with Gasteiger partial charge in [0.15, 0.2) is 0 Å². The van der Waals surface area contributed by atoms with Crippen molar-refractivity contribution in [3.63, 3.8) is 0 Å². The lowest BCUT2D eigenvalue weighted by Crippen LogP contribution is -2.41. The van der Waals surface area contributed by atoms with Crippen LogP contribution in [0.3, 0.4) is 0 Å². The van der Waals surface area contributed by atoms with Crippen molar-refractivity contribution in [3.05, 3.63) is 29.5 Å². The van der Waals surface area contributed by atoms with E-state index in [-0.39, 0.29) is 11.8 Å². The summed E-state index contributed by atoms with van der Waals surface area (Å²) in [5.74, 6) is 0.461. The summed E-state index contributed by atoms with van der Waals surface area (Å²) in [7, 11) is 0. The minimum atomic E-state index is -0.244. The molecular weight excluding hydrogens is 276 g/mol. The van der Waals surface area contributed by atoms with Crippen molar-refractivity contribution >= 4 is 34.2 Å². The third kappa shape index (κ3) is 2.41. The molecule has 2 N–H and O–H groups in total. The molecule has 1 amide bonds. The Bertz CT molecular complexity index is 661. The van der Waals surface area contributed by atoms with Crippen LogP contribution in [0.4, 0.5) is 5.82 Å². The van der Waals surface area contributed by atoms with Gasteiger partial charge in [0.1, 0.15) is 12.1 Å². The van der Waals surface area contributed by atoms with Crippen LogP contribution < -0.4 is 10.6 Å². The second kappa shape index (κ2) is 5.25. The summed E-state index contributed by atoms with van der Waals surface area (Å²) >= 11 is 6.06. The first kappa shape index (κ1) is 13.1. The number of primary amides is 1. The predicted octanol–water partition coefficient (Wildman–Crippen LogP) is 1.98. The first-order valence-corrected chi connectivity index (χ1v) is 6.97. The molecule has 6 heteroatoms. The molecule has 3 rings (SSSR count). The zero-order valence-electron chi connectivity index (χ0n) is 10.9. The number of rotatable bonds is 2. The van der Waals surface area contributed by atoms with E-state index in [0.29, 0.717) is 11.6 Å². The predicted molar refractivity (Wildman–Crippen MR) is 78.7 cm³/mol. The Labute approximate surface area is 121 Å². The van der Waals surface area contributed by atoms with E-state index < -0.39 is 0 Å². The van der Waals surface area contributed by atoms with E-state index in [1.165, 1.54) is 0 Å². The number of benzene rings is 1. The van der Waals surface area contributed by atoms with Gasteiger partial charge in [0.25, 0.3) is 0 Å². The van der Waals surface area contributed by atoms with Gasteiger partial charge < -0.3 is 10.6 Å². The maximum absolute atomic E-state index is 11.4. The van der Waals surface area contributed by atoms with Crippen LogP contribution in [0.5, 0.6) is 0 Å². The minimum Gasteiger partial charge on any atom is -0.369 e. The van der Waals surface area contributed by atoms with Gasteiger partial charge in [-0.15, -0.1) is 0 Å². The smallest absolute Gasteiger partial charge is 0.222 e. The molecular formula is C14H15ClN4O. The zero-order valence-corrected chi connectivity index (χ0v) is 11.7. The van der Waals surface area contributed by atoms with E-state index >= 15 is 0 Å². The number of carbonyl (C=O) groups is 1. The molecule has 2 heterocycles. The molecule has 0 radical (unpaired) electrons. The molecule has 0 aliphatic carbocycles. The van der Waals surface area contributed by atoms with Gasteiger partial charge in [-0.1, -0.05) is 11.6 Å². The molecule has 0 spiro atoms. The van der Waals surface area contributed by atoms with Crippen molar-refractivity contribution in [2.24, 2.45) is 11.7 Å². The fourth-order valence-electron chi connectivity index (χ4n) is 2.67. The molecule has 1 saturated heterocycles. The summed E-state index contributed by atoms with van der Waals surface area (Å²) in [5.41, 5.74) is 6.27. The number of anilines is 1. The molecule has 1 aliphatic rings. The summed E-state index contributed by atoms with van der Waals surface area (Å²) < 4.78 is 0. The Morgan fingerprint density at radius 2 is 2.25 bits per heavy atom. The number of fused-ring (bicyclic) bond motifs is 1. The van der Waals surface area contributed by atoms with Crippen LogP contribution in [0.2, 0.25) is 5.02 Å². The van der Waals surface area contributed by atoms with Crippen molar-refractivity contribution in [2.45, 2.75) is 12.8 Å². The van der Waals surface area contributed by atoms with Gasteiger partial charge in [-0.3, -0.25) is 4.79 Å². The number of piperidine rings is 1. The molecule has 5 nitrogen and oxygen atoms in total. The highest BCUT2D eigenvalue weighted by Crippen LogP contribution is 2.29. The minimum absolute atomic E-state index is 0.118. The third-order valence-electron chi connectivity index (χ3n) is 3.70. The number of nitrogens with zero attached hydrogens (tertiary/aromatic N) is 3. The second-order valence-electron chi connectivity index (χ2n) is 5.05. The standard InChI is InChI=1S/C14H15ClN4O/c15-10-3-4-12-11(6-10)14(18-8-17-12)19-5-1-2-9(7-19)13(16)20/h3-4,6,8-9H,1-2,5,7H2,(H2,16,20). The van der Waals surface area contributed by atoms with Crippen LogP contribution in [-0.2, 0) is 4.79 Å². The Morgan fingerprint density at radius 1 is 1.40 bits per heavy atom. The number of hydrogen-bond donors (Lipinski definition) is 1. The normalized spacial score (nSPS) is 19.2. The molecule has 20 heavy (non-hydrogen) atoms. The van der Waals surface area contributed by atoms with Gasteiger partial charge >= 0.3 is 0 Å². The Balaban J connectivity index is 2.01. The van der Waals surface area contributed by atoms with Crippen LogP contribution in [0, 0.1) is 5.92 Å². The highest BCUT2D eigenvalue weighted by molar-refractivity contribution is 6.31. The molecule has 2 aromatic rings. The first-order valence-electron chi connectivity index (χ1n) is 6.59. The van der Waals surface area contributed by atoms with Crippen LogP contribution in [0.1, 0.15) is 12.8 Å². The fourth-order valence-corrected chi connectivity index (χ4v) is 2.84. The van der Waals surface area contributed by atoms with Crippen molar-refractivity contribution in [3.8, 4) is 0 Å². The molecule has 1 fully saturated rings. The summed E-state index contributed by atoms with van der Waals surface area (Å²) in [4.78, 5) is 22.1. The van der Waals surface area contributed by atoms with Gasteiger partial charge in [0.2, 0.25) is 5.91 Å². The third-order valence-corrected chi connectivity index (χ3v) is 3.93. The number of amides is 1. The van der Waals surface area contributed by atoms with E-state index in [4.69, 9.17) is 17.3 Å².